The lowest BCUT2D eigenvalue weighted by atomic mass is 9.75. The van der Waals surface area contributed by atoms with Gasteiger partial charge in [-0.2, -0.15) is 0 Å². The Morgan fingerprint density at radius 1 is 0.857 bits per heavy atom. The summed E-state index contributed by atoms with van der Waals surface area (Å²) in [5.41, 5.74) is -1.63. The molecule has 0 saturated carbocycles. The van der Waals surface area contributed by atoms with Crippen molar-refractivity contribution in [1.29, 1.82) is 0 Å². The third-order valence-electron chi connectivity index (χ3n) is 4.99. The SMILES string of the molecule is CCC(C(=O)O)(C(=O)O)C(C)C.CC[N+](CC)(CC)CC. The summed E-state index contributed by atoms with van der Waals surface area (Å²) in [7, 11) is 0. The topological polar surface area (TPSA) is 74.6 Å². The molecule has 0 heterocycles. The van der Waals surface area contributed by atoms with E-state index in [1.54, 1.807) is 20.8 Å². The highest BCUT2D eigenvalue weighted by molar-refractivity contribution is 5.98. The zero-order valence-corrected chi connectivity index (χ0v) is 14.8. The summed E-state index contributed by atoms with van der Waals surface area (Å²) in [4.78, 5) is 21.5. The molecule has 5 heteroatoms. The molecule has 0 spiro atoms. The largest absolute Gasteiger partial charge is 0.480 e. The van der Waals surface area contributed by atoms with Crippen LogP contribution in [0.25, 0.3) is 0 Å². The summed E-state index contributed by atoms with van der Waals surface area (Å²) in [6, 6.07) is 0. The highest BCUT2D eigenvalue weighted by Crippen LogP contribution is 2.31. The third-order valence-corrected chi connectivity index (χ3v) is 4.99. The first-order valence-electron chi connectivity index (χ1n) is 7.95. The molecule has 5 nitrogen and oxygen atoms in total. The van der Waals surface area contributed by atoms with Crippen molar-refractivity contribution in [2.75, 3.05) is 26.2 Å². The van der Waals surface area contributed by atoms with E-state index in [1.165, 1.54) is 30.7 Å². The van der Waals surface area contributed by atoms with Crippen molar-refractivity contribution >= 4 is 11.9 Å². The average Bonchev–Trinajstić information content (AvgIpc) is 2.43. The summed E-state index contributed by atoms with van der Waals surface area (Å²) >= 11 is 0. The van der Waals surface area contributed by atoms with Gasteiger partial charge in [-0.1, -0.05) is 20.8 Å². The molecular formula is C16H34NO4+. The quantitative estimate of drug-likeness (QED) is 0.534. The fraction of sp³-hybridized carbons (Fsp3) is 0.875. The van der Waals surface area contributed by atoms with Crippen molar-refractivity contribution in [1.82, 2.24) is 0 Å². The van der Waals surface area contributed by atoms with Gasteiger partial charge in [-0.05, 0) is 40.0 Å². The van der Waals surface area contributed by atoms with Crippen LogP contribution in [0.2, 0.25) is 0 Å². The minimum absolute atomic E-state index is 0.106. The summed E-state index contributed by atoms with van der Waals surface area (Å²) in [6.07, 6.45) is 0.106. The number of carboxylic acid groups (broad SMARTS) is 2. The lowest BCUT2D eigenvalue weighted by molar-refractivity contribution is -0.921. The molecule has 0 rings (SSSR count). The second-order valence-corrected chi connectivity index (χ2v) is 5.70. The second-order valence-electron chi connectivity index (χ2n) is 5.70. The summed E-state index contributed by atoms with van der Waals surface area (Å²) in [6.45, 7) is 19.0. The fourth-order valence-electron chi connectivity index (χ4n) is 2.64. The average molecular weight is 304 g/mol. The van der Waals surface area contributed by atoms with Crippen molar-refractivity contribution < 1.29 is 24.3 Å². The van der Waals surface area contributed by atoms with E-state index < -0.39 is 23.3 Å². The summed E-state index contributed by atoms with van der Waals surface area (Å²) in [5, 5.41) is 17.6. The van der Waals surface area contributed by atoms with Gasteiger partial charge in [0.05, 0.1) is 26.2 Å². The molecule has 0 unspecified atom stereocenters. The maximum absolute atomic E-state index is 10.8. The second kappa shape index (κ2) is 9.77. The Balaban J connectivity index is 0. The van der Waals surface area contributed by atoms with E-state index in [4.69, 9.17) is 10.2 Å². The van der Waals surface area contributed by atoms with Gasteiger partial charge in [0.2, 0.25) is 0 Å². The molecule has 0 radical (unpaired) electrons. The molecule has 0 aliphatic carbocycles. The van der Waals surface area contributed by atoms with E-state index in [2.05, 4.69) is 27.7 Å². The van der Waals surface area contributed by atoms with Crippen molar-refractivity contribution in [3.63, 3.8) is 0 Å². The first-order chi connectivity index (χ1) is 9.63. The van der Waals surface area contributed by atoms with Gasteiger partial charge in [-0.25, -0.2) is 0 Å². The van der Waals surface area contributed by atoms with Crippen LogP contribution in [0.4, 0.5) is 0 Å². The van der Waals surface area contributed by atoms with E-state index >= 15 is 0 Å². The Labute approximate surface area is 129 Å². The Morgan fingerprint density at radius 3 is 1.14 bits per heavy atom. The molecule has 0 saturated heterocycles. The molecule has 0 aliphatic heterocycles. The number of aliphatic carboxylic acids is 2. The van der Waals surface area contributed by atoms with Crippen LogP contribution in [-0.4, -0.2) is 52.8 Å². The van der Waals surface area contributed by atoms with E-state index in [0.717, 1.165) is 0 Å². The number of hydrogen-bond donors (Lipinski definition) is 2. The number of carbonyl (C=O) groups is 2. The van der Waals surface area contributed by atoms with Gasteiger partial charge in [0.25, 0.3) is 0 Å². The summed E-state index contributed by atoms with van der Waals surface area (Å²) in [5.74, 6) is -2.92. The van der Waals surface area contributed by atoms with Crippen LogP contribution in [0.5, 0.6) is 0 Å². The smallest absolute Gasteiger partial charge is 0.321 e. The lowest BCUT2D eigenvalue weighted by Crippen LogP contribution is -2.47. The normalized spacial score (nSPS) is 11.8. The van der Waals surface area contributed by atoms with Crippen LogP contribution in [-0.2, 0) is 9.59 Å². The Kier molecular flexibility index (Phi) is 10.3. The van der Waals surface area contributed by atoms with Crippen molar-refractivity contribution in [2.24, 2.45) is 11.3 Å². The first kappa shape index (κ1) is 22.2. The first-order valence-corrected chi connectivity index (χ1v) is 7.95. The zero-order chi connectivity index (χ0) is 17.3. The lowest BCUT2D eigenvalue weighted by Gasteiger charge is -2.34. The van der Waals surface area contributed by atoms with Crippen molar-refractivity contribution in [3.05, 3.63) is 0 Å². The Morgan fingerprint density at radius 2 is 1.14 bits per heavy atom. The van der Waals surface area contributed by atoms with Gasteiger partial charge in [-0.3, -0.25) is 9.59 Å². The fourth-order valence-corrected chi connectivity index (χ4v) is 2.64. The summed E-state index contributed by atoms with van der Waals surface area (Å²) < 4.78 is 1.28. The molecule has 0 aromatic carbocycles. The van der Waals surface area contributed by atoms with E-state index in [-0.39, 0.29) is 6.42 Å². The van der Waals surface area contributed by atoms with Crippen LogP contribution in [0.15, 0.2) is 0 Å². The molecule has 0 fully saturated rings. The van der Waals surface area contributed by atoms with Crippen LogP contribution >= 0.6 is 0 Å². The Bertz CT molecular complexity index is 291. The molecular weight excluding hydrogens is 270 g/mol. The van der Waals surface area contributed by atoms with E-state index in [9.17, 15) is 9.59 Å². The van der Waals surface area contributed by atoms with Gasteiger partial charge in [0.15, 0.2) is 5.41 Å². The maximum atomic E-state index is 10.8. The van der Waals surface area contributed by atoms with Gasteiger partial charge in [-0.15, -0.1) is 0 Å². The zero-order valence-electron chi connectivity index (χ0n) is 14.8. The minimum atomic E-state index is -1.63. The number of nitrogens with zero attached hydrogens (tertiary/aromatic N) is 1. The van der Waals surface area contributed by atoms with Crippen molar-refractivity contribution in [2.45, 2.75) is 54.9 Å². The molecule has 0 atom stereocenters. The predicted octanol–water partition coefficient (Wildman–Crippen LogP) is 3.09. The standard InChI is InChI=1S/C8H20N.C8H14O4/c1-5-9(6-2,7-3)8-4;1-4-8(5(2)3,6(9)10)7(11)12/h5-8H2,1-4H3;5H,4H2,1-3H3,(H,9,10)(H,11,12)/q+1;. The number of rotatable bonds is 8. The highest BCUT2D eigenvalue weighted by atomic mass is 16.4. The molecule has 126 valence electrons. The molecule has 0 aliphatic rings. The maximum Gasteiger partial charge on any atom is 0.321 e. The molecule has 0 amide bonds. The molecule has 0 bridgehead atoms. The molecule has 0 aromatic rings. The van der Waals surface area contributed by atoms with E-state index in [1.807, 2.05) is 0 Å². The molecule has 2 N–H and O–H groups in total. The van der Waals surface area contributed by atoms with Gasteiger partial charge >= 0.3 is 11.9 Å². The number of carboxylic acids is 2. The van der Waals surface area contributed by atoms with Crippen LogP contribution < -0.4 is 0 Å². The van der Waals surface area contributed by atoms with Crippen LogP contribution in [0, 0.1) is 11.3 Å². The van der Waals surface area contributed by atoms with Gasteiger partial charge in [0.1, 0.15) is 0 Å². The van der Waals surface area contributed by atoms with E-state index in [0.29, 0.717) is 0 Å². The number of hydrogen-bond acceptors (Lipinski definition) is 2. The molecule has 21 heavy (non-hydrogen) atoms. The van der Waals surface area contributed by atoms with Crippen LogP contribution in [0.3, 0.4) is 0 Å². The minimum Gasteiger partial charge on any atom is -0.480 e. The highest BCUT2D eigenvalue weighted by Gasteiger charge is 2.47. The van der Waals surface area contributed by atoms with Crippen LogP contribution in [0.1, 0.15) is 54.9 Å². The predicted molar refractivity (Wildman–Crippen MR) is 85.3 cm³/mol. The Hall–Kier alpha value is -1.10. The van der Waals surface area contributed by atoms with Crippen molar-refractivity contribution in [3.8, 4) is 0 Å². The monoisotopic (exact) mass is 304 g/mol. The molecule has 0 aromatic heterocycles. The van der Waals surface area contributed by atoms with Gasteiger partial charge < -0.3 is 14.7 Å². The number of quaternary nitrogens is 1. The third kappa shape index (κ3) is 5.30. The van der Waals surface area contributed by atoms with Gasteiger partial charge in [0, 0.05) is 0 Å².